The molecule has 0 N–H and O–H groups in total. The highest BCUT2D eigenvalue weighted by Crippen LogP contribution is 2.32. The highest BCUT2D eigenvalue weighted by molar-refractivity contribution is 6.38. The molecule has 0 spiro atoms. The maximum atomic E-state index is 12.8. The third kappa shape index (κ3) is 4.63. The zero-order valence-electron chi connectivity index (χ0n) is 14.9. The molecule has 1 aliphatic rings. The van der Waals surface area contributed by atoms with E-state index in [9.17, 15) is 9.59 Å². The molecule has 1 aliphatic carbocycles. The third-order valence-electron chi connectivity index (χ3n) is 4.09. The molecule has 0 unspecified atom stereocenters. The summed E-state index contributed by atoms with van der Waals surface area (Å²) < 4.78 is 11.4. The number of Topliss-reactive ketones (excluding diaryl/α,β-unsaturated/α-hetero) is 2. The minimum absolute atomic E-state index is 0.00167. The molecule has 1 aromatic carbocycles. The van der Waals surface area contributed by atoms with Gasteiger partial charge in [-0.3, -0.25) is 9.59 Å². The van der Waals surface area contributed by atoms with Gasteiger partial charge in [0.05, 0.1) is 23.8 Å². The Balaban J connectivity index is 2.28. The lowest BCUT2D eigenvalue weighted by Gasteiger charge is -2.22. The summed E-state index contributed by atoms with van der Waals surface area (Å²) in [6.45, 7) is 4.95. The summed E-state index contributed by atoms with van der Waals surface area (Å²) >= 11 is 6.15. The zero-order chi connectivity index (χ0) is 18.2. The second kappa shape index (κ2) is 9.62. The first kappa shape index (κ1) is 19.5. The van der Waals surface area contributed by atoms with Crippen LogP contribution in [0.3, 0.4) is 0 Å². The molecule has 0 bridgehead atoms. The highest BCUT2D eigenvalue weighted by atomic mass is 35.5. The van der Waals surface area contributed by atoms with E-state index in [1.54, 1.807) is 18.2 Å². The molecule has 0 aromatic heterocycles. The summed E-state index contributed by atoms with van der Waals surface area (Å²) in [6.07, 6.45) is 5.75. The molecule has 0 heterocycles. The average molecular weight is 365 g/mol. The first-order valence-corrected chi connectivity index (χ1v) is 9.37. The van der Waals surface area contributed by atoms with Crippen LogP contribution in [0.2, 0.25) is 5.02 Å². The number of rotatable bonds is 10. The average Bonchev–Trinajstić information content (AvgIpc) is 2.61. The SMILES string of the molecule is CCCCCOC1=C(OCCCCC)C(=O)c2c(Cl)cccc2C1=O. The van der Waals surface area contributed by atoms with Crippen molar-refractivity contribution in [3.05, 3.63) is 45.9 Å². The summed E-state index contributed by atoms with van der Waals surface area (Å²) in [6, 6.07) is 4.87. The first-order valence-electron chi connectivity index (χ1n) is 8.99. The number of ether oxygens (including phenoxy) is 2. The van der Waals surface area contributed by atoms with Gasteiger partial charge in [0.25, 0.3) is 0 Å². The van der Waals surface area contributed by atoms with Crippen LogP contribution in [0.15, 0.2) is 29.7 Å². The van der Waals surface area contributed by atoms with E-state index in [1.165, 1.54) is 0 Å². The standard InChI is InChI=1S/C20H25ClO4/c1-3-5-7-12-24-19-17(22)14-10-9-11-15(21)16(14)18(23)20(19)25-13-8-6-4-2/h9-11H,3-8,12-13H2,1-2H3. The van der Waals surface area contributed by atoms with E-state index < -0.39 is 0 Å². The molecule has 0 saturated carbocycles. The Hall–Kier alpha value is -1.81. The van der Waals surface area contributed by atoms with Crippen molar-refractivity contribution in [3.8, 4) is 0 Å². The lowest BCUT2D eigenvalue weighted by Crippen LogP contribution is -2.26. The molecule has 0 radical (unpaired) electrons. The van der Waals surface area contributed by atoms with E-state index in [0.717, 1.165) is 38.5 Å². The van der Waals surface area contributed by atoms with E-state index in [4.69, 9.17) is 21.1 Å². The van der Waals surface area contributed by atoms with Crippen molar-refractivity contribution in [2.45, 2.75) is 52.4 Å². The fraction of sp³-hybridized carbons (Fsp3) is 0.500. The molecule has 0 fully saturated rings. The summed E-state index contributed by atoms with van der Waals surface area (Å²) in [7, 11) is 0. The van der Waals surface area contributed by atoms with E-state index in [2.05, 4.69) is 13.8 Å². The second-order valence-electron chi connectivity index (χ2n) is 6.09. The maximum absolute atomic E-state index is 12.8. The van der Waals surface area contributed by atoms with Gasteiger partial charge in [0, 0.05) is 5.56 Å². The zero-order valence-corrected chi connectivity index (χ0v) is 15.7. The molecular weight excluding hydrogens is 340 g/mol. The van der Waals surface area contributed by atoms with Crippen molar-refractivity contribution in [3.63, 3.8) is 0 Å². The molecule has 25 heavy (non-hydrogen) atoms. The maximum Gasteiger partial charge on any atom is 0.233 e. The van der Waals surface area contributed by atoms with Crippen LogP contribution in [0, 0.1) is 0 Å². The van der Waals surface area contributed by atoms with Crippen molar-refractivity contribution >= 4 is 23.2 Å². The molecule has 1 aromatic rings. The number of ketones is 2. The molecule has 136 valence electrons. The number of carbonyl (C=O) groups excluding carboxylic acids is 2. The Morgan fingerprint density at radius 3 is 1.96 bits per heavy atom. The molecule has 0 amide bonds. The molecule has 2 rings (SSSR count). The summed E-state index contributed by atoms with van der Waals surface area (Å²) in [5.41, 5.74) is 0.490. The minimum atomic E-state index is -0.373. The van der Waals surface area contributed by atoms with Crippen LogP contribution in [0.1, 0.15) is 73.1 Å². The Morgan fingerprint density at radius 1 is 0.840 bits per heavy atom. The molecule has 0 aliphatic heterocycles. The van der Waals surface area contributed by atoms with Crippen LogP contribution in [-0.4, -0.2) is 24.8 Å². The van der Waals surface area contributed by atoms with Crippen molar-refractivity contribution in [1.82, 2.24) is 0 Å². The van der Waals surface area contributed by atoms with Gasteiger partial charge in [-0.15, -0.1) is 0 Å². The van der Waals surface area contributed by atoms with E-state index >= 15 is 0 Å². The van der Waals surface area contributed by atoms with Gasteiger partial charge in [0.15, 0.2) is 0 Å². The predicted molar refractivity (Wildman–Crippen MR) is 98.1 cm³/mol. The van der Waals surface area contributed by atoms with Crippen molar-refractivity contribution in [2.24, 2.45) is 0 Å². The third-order valence-corrected chi connectivity index (χ3v) is 4.41. The van der Waals surface area contributed by atoms with Crippen molar-refractivity contribution in [1.29, 1.82) is 0 Å². The number of hydrogen-bond acceptors (Lipinski definition) is 4. The van der Waals surface area contributed by atoms with Gasteiger partial charge < -0.3 is 9.47 Å². The van der Waals surface area contributed by atoms with E-state index in [1.807, 2.05) is 0 Å². The van der Waals surface area contributed by atoms with Crippen LogP contribution < -0.4 is 0 Å². The van der Waals surface area contributed by atoms with Crippen molar-refractivity contribution < 1.29 is 19.1 Å². The number of halogens is 1. The lowest BCUT2D eigenvalue weighted by molar-refractivity contribution is 0.0744. The fourth-order valence-corrected chi connectivity index (χ4v) is 2.96. The van der Waals surface area contributed by atoms with E-state index in [-0.39, 0.29) is 39.2 Å². The Kier molecular flexibility index (Phi) is 7.51. The van der Waals surface area contributed by atoms with Crippen LogP contribution in [-0.2, 0) is 9.47 Å². The topological polar surface area (TPSA) is 52.6 Å². The molecule has 0 atom stereocenters. The first-order chi connectivity index (χ1) is 12.1. The largest absolute Gasteiger partial charge is 0.486 e. The molecule has 4 nitrogen and oxygen atoms in total. The summed E-state index contributed by atoms with van der Waals surface area (Å²) in [5.74, 6) is -0.688. The second-order valence-corrected chi connectivity index (χ2v) is 6.50. The van der Waals surface area contributed by atoms with Gasteiger partial charge in [0.2, 0.25) is 23.1 Å². The minimum Gasteiger partial charge on any atom is -0.486 e. The van der Waals surface area contributed by atoms with Crippen LogP contribution in [0.4, 0.5) is 0 Å². The lowest BCUT2D eigenvalue weighted by atomic mass is 9.92. The quantitative estimate of drug-likeness (QED) is 0.525. The van der Waals surface area contributed by atoms with Crippen molar-refractivity contribution in [2.75, 3.05) is 13.2 Å². The highest BCUT2D eigenvalue weighted by Gasteiger charge is 2.36. The number of benzene rings is 1. The van der Waals surface area contributed by atoms with Gasteiger partial charge in [-0.05, 0) is 18.9 Å². The van der Waals surface area contributed by atoms with Crippen LogP contribution in [0.5, 0.6) is 0 Å². The van der Waals surface area contributed by atoms with Gasteiger partial charge in [-0.25, -0.2) is 0 Å². The fourth-order valence-electron chi connectivity index (χ4n) is 2.70. The van der Waals surface area contributed by atoms with Gasteiger partial charge >= 0.3 is 0 Å². The molecule has 0 saturated heterocycles. The number of fused-ring (bicyclic) bond motifs is 1. The smallest absolute Gasteiger partial charge is 0.233 e. The van der Waals surface area contributed by atoms with Gasteiger partial charge in [0.1, 0.15) is 0 Å². The number of allylic oxidation sites excluding steroid dienone is 2. The molecule has 5 heteroatoms. The normalized spacial score (nSPS) is 13.9. The summed E-state index contributed by atoms with van der Waals surface area (Å²) in [4.78, 5) is 25.7. The Bertz CT molecular complexity index is 664. The Labute approximate surface area is 154 Å². The van der Waals surface area contributed by atoms with Crippen LogP contribution in [0.25, 0.3) is 0 Å². The number of hydrogen-bond donors (Lipinski definition) is 0. The number of carbonyl (C=O) groups is 2. The summed E-state index contributed by atoms with van der Waals surface area (Å²) in [5, 5.41) is 0.260. The molecular formula is C20H25ClO4. The number of unbranched alkanes of at least 4 members (excludes halogenated alkanes) is 4. The monoisotopic (exact) mass is 364 g/mol. The van der Waals surface area contributed by atoms with Gasteiger partial charge in [-0.2, -0.15) is 0 Å². The van der Waals surface area contributed by atoms with Gasteiger partial charge in [-0.1, -0.05) is 63.3 Å². The van der Waals surface area contributed by atoms with E-state index in [0.29, 0.717) is 13.2 Å². The Morgan fingerprint density at radius 2 is 1.40 bits per heavy atom. The van der Waals surface area contributed by atoms with Crippen LogP contribution >= 0.6 is 11.6 Å². The predicted octanol–water partition coefficient (Wildman–Crippen LogP) is 5.34.